The van der Waals surface area contributed by atoms with Crippen LogP contribution in [0.4, 0.5) is 0 Å². The third-order valence-electron chi connectivity index (χ3n) is 4.46. The molecule has 76 valence electrons. The van der Waals surface area contributed by atoms with Crippen molar-refractivity contribution in [3.63, 3.8) is 0 Å². The lowest BCUT2D eigenvalue weighted by molar-refractivity contribution is -0.136. The summed E-state index contributed by atoms with van der Waals surface area (Å²) >= 11 is 0. The zero-order valence-corrected chi connectivity index (χ0v) is 8.21. The van der Waals surface area contributed by atoms with Gasteiger partial charge in [0.25, 0.3) is 0 Å². The quantitative estimate of drug-likeness (QED) is 0.588. The minimum Gasteiger partial charge on any atom is -0.296 e. The first kappa shape index (κ1) is 8.45. The van der Waals surface area contributed by atoms with Crippen molar-refractivity contribution in [2.24, 2.45) is 17.3 Å². The van der Waals surface area contributed by atoms with Crippen molar-refractivity contribution in [3.8, 4) is 0 Å². The summed E-state index contributed by atoms with van der Waals surface area (Å²) < 4.78 is 0. The lowest BCUT2D eigenvalue weighted by Crippen LogP contribution is -2.46. The lowest BCUT2D eigenvalue weighted by Gasteiger charge is -2.47. The normalized spacial score (nSPS) is 46.0. The fraction of sp³-hybridized carbons (Fsp3) is 0.818. The molecule has 1 atom stereocenters. The van der Waals surface area contributed by atoms with Gasteiger partial charge >= 0.3 is 0 Å². The van der Waals surface area contributed by atoms with Crippen molar-refractivity contribution in [3.05, 3.63) is 0 Å². The Morgan fingerprint density at radius 3 is 2.29 bits per heavy atom. The Morgan fingerprint density at radius 1 is 1.14 bits per heavy atom. The predicted octanol–water partition coefficient (Wildman–Crippen LogP) is 1.23. The number of rotatable bonds is 0. The van der Waals surface area contributed by atoms with Crippen molar-refractivity contribution < 1.29 is 9.59 Å². The number of nitrogens with one attached hydrogen (secondary N) is 1. The maximum Gasteiger partial charge on any atom is 0.233 e. The van der Waals surface area contributed by atoms with Crippen molar-refractivity contribution >= 4 is 11.8 Å². The van der Waals surface area contributed by atoms with Gasteiger partial charge < -0.3 is 0 Å². The number of carbonyl (C=O) groups excluding carboxylic acids is 2. The Balaban J connectivity index is 1.96. The minimum absolute atomic E-state index is 0.0249. The van der Waals surface area contributed by atoms with Crippen LogP contribution < -0.4 is 5.32 Å². The van der Waals surface area contributed by atoms with E-state index < -0.39 is 0 Å². The number of hydrogen-bond acceptors (Lipinski definition) is 2. The molecule has 0 aromatic carbocycles. The van der Waals surface area contributed by atoms with E-state index >= 15 is 0 Å². The largest absolute Gasteiger partial charge is 0.296 e. The maximum atomic E-state index is 11.8. The molecule has 4 fully saturated rings. The van der Waals surface area contributed by atoms with E-state index in [9.17, 15) is 9.59 Å². The molecular weight excluding hydrogens is 178 g/mol. The third-order valence-corrected chi connectivity index (χ3v) is 4.46. The highest BCUT2D eigenvalue weighted by molar-refractivity contribution is 6.06. The highest BCUT2D eigenvalue weighted by Gasteiger charge is 2.56. The summed E-state index contributed by atoms with van der Waals surface area (Å²) in [6.07, 6.45) is 6.29. The summed E-state index contributed by atoms with van der Waals surface area (Å²) in [6, 6.07) is 0. The van der Waals surface area contributed by atoms with Gasteiger partial charge in [-0.2, -0.15) is 0 Å². The SMILES string of the molecule is O=C1CC2(CC3CCC2CC3)C(=O)N1. The van der Waals surface area contributed by atoms with Crippen LogP contribution in [-0.2, 0) is 9.59 Å². The molecule has 4 rings (SSSR count). The first-order chi connectivity index (χ1) is 6.71. The van der Waals surface area contributed by atoms with Crippen molar-refractivity contribution in [1.29, 1.82) is 0 Å². The molecule has 0 aromatic heterocycles. The van der Waals surface area contributed by atoms with Crippen LogP contribution in [0.2, 0.25) is 0 Å². The summed E-state index contributed by atoms with van der Waals surface area (Å²) in [5.74, 6) is 1.16. The molecular formula is C11H15NO2. The molecule has 14 heavy (non-hydrogen) atoms. The number of fused-ring (bicyclic) bond motifs is 2. The summed E-state index contributed by atoms with van der Waals surface area (Å²) in [5.41, 5.74) is -0.280. The van der Waals surface area contributed by atoms with Gasteiger partial charge in [0, 0.05) is 6.42 Å². The molecule has 3 heteroatoms. The second kappa shape index (κ2) is 2.59. The Labute approximate surface area is 83.2 Å². The Kier molecular flexibility index (Phi) is 1.56. The molecule has 3 aliphatic carbocycles. The molecule has 1 saturated heterocycles. The molecule has 1 aliphatic heterocycles. The molecule has 0 aromatic rings. The van der Waals surface area contributed by atoms with Gasteiger partial charge in [0.1, 0.15) is 0 Å². The molecule has 1 spiro atoms. The third kappa shape index (κ3) is 0.928. The van der Waals surface area contributed by atoms with Gasteiger partial charge in [-0.1, -0.05) is 12.8 Å². The molecule has 1 unspecified atom stereocenters. The van der Waals surface area contributed by atoms with Gasteiger partial charge in [0.05, 0.1) is 5.41 Å². The minimum atomic E-state index is -0.280. The van der Waals surface area contributed by atoms with Gasteiger partial charge in [-0.05, 0) is 31.1 Å². The molecule has 1 heterocycles. The maximum absolute atomic E-state index is 11.8. The van der Waals surface area contributed by atoms with Crippen LogP contribution in [0.5, 0.6) is 0 Å². The van der Waals surface area contributed by atoms with Gasteiger partial charge in [-0.15, -0.1) is 0 Å². The first-order valence-electron chi connectivity index (χ1n) is 5.55. The van der Waals surface area contributed by atoms with Gasteiger partial charge in [-0.3, -0.25) is 14.9 Å². The number of carbonyl (C=O) groups is 2. The van der Waals surface area contributed by atoms with Crippen LogP contribution in [0.25, 0.3) is 0 Å². The topological polar surface area (TPSA) is 46.2 Å². The molecule has 4 aliphatic rings. The average Bonchev–Trinajstić information content (AvgIpc) is 2.43. The average molecular weight is 193 g/mol. The number of imide groups is 1. The molecule has 2 bridgehead atoms. The van der Waals surface area contributed by atoms with E-state index in [4.69, 9.17) is 0 Å². The van der Waals surface area contributed by atoms with E-state index in [1.807, 2.05) is 0 Å². The molecule has 3 saturated carbocycles. The second-order valence-electron chi connectivity index (χ2n) is 5.13. The summed E-state index contributed by atoms with van der Waals surface area (Å²) in [6.45, 7) is 0. The van der Waals surface area contributed by atoms with Crippen molar-refractivity contribution in [1.82, 2.24) is 5.32 Å². The van der Waals surface area contributed by atoms with E-state index in [1.54, 1.807) is 0 Å². The highest BCUT2D eigenvalue weighted by Crippen LogP contribution is 2.55. The monoisotopic (exact) mass is 193 g/mol. The van der Waals surface area contributed by atoms with E-state index in [2.05, 4.69) is 5.32 Å². The number of amides is 2. The molecule has 2 amide bonds. The van der Waals surface area contributed by atoms with Crippen LogP contribution in [0.1, 0.15) is 38.5 Å². The number of hydrogen-bond donors (Lipinski definition) is 1. The van der Waals surface area contributed by atoms with E-state index in [1.165, 1.54) is 12.8 Å². The Bertz CT molecular complexity index is 304. The molecule has 0 radical (unpaired) electrons. The zero-order valence-electron chi connectivity index (χ0n) is 8.21. The van der Waals surface area contributed by atoms with E-state index in [0.717, 1.165) is 19.3 Å². The van der Waals surface area contributed by atoms with Crippen LogP contribution in [0.15, 0.2) is 0 Å². The first-order valence-corrected chi connectivity index (χ1v) is 5.55. The van der Waals surface area contributed by atoms with Gasteiger partial charge in [0.2, 0.25) is 11.8 Å². The van der Waals surface area contributed by atoms with Crippen LogP contribution >= 0.6 is 0 Å². The summed E-state index contributed by atoms with van der Waals surface area (Å²) in [7, 11) is 0. The van der Waals surface area contributed by atoms with E-state index in [-0.39, 0.29) is 17.2 Å². The lowest BCUT2D eigenvalue weighted by atomic mass is 9.55. The van der Waals surface area contributed by atoms with Gasteiger partial charge in [0.15, 0.2) is 0 Å². The van der Waals surface area contributed by atoms with Crippen LogP contribution in [0.3, 0.4) is 0 Å². The smallest absolute Gasteiger partial charge is 0.233 e. The standard InChI is InChI=1S/C11H15NO2/c13-9-6-11(10(14)12-9)5-7-1-3-8(11)4-2-7/h7-8H,1-6H2,(H,12,13,14). The van der Waals surface area contributed by atoms with E-state index in [0.29, 0.717) is 18.3 Å². The Morgan fingerprint density at radius 2 is 1.86 bits per heavy atom. The Hall–Kier alpha value is -0.860. The van der Waals surface area contributed by atoms with Crippen molar-refractivity contribution in [2.75, 3.05) is 0 Å². The summed E-state index contributed by atoms with van der Waals surface area (Å²) in [5, 5.41) is 2.48. The van der Waals surface area contributed by atoms with Crippen LogP contribution in [0, 0.1) is 17.3 Å². The summed E-state index contributed by atoms with van der Waals surface area (Å²) in [4.78, 5) is 23.1. The molecule has 3 nitrogen and oxygen atoms in total. The molecule has 1 N–H and O–H groups in total. The fourth-order valence-electron chi connectivity index (χ4n) is 3.76. The van der Waals surface area contributed by atoms with Crippen LogP contribution in [-0.4, -0.2) is 11.8 Å². The van der Waals surface area contributed by atoms with Crippen molar-refractivity contribution in [2.45, 2.75) is 38.5 Å². The fourth-order valence-corrected chi connectivity index (χ4v) is 3.76. The highest BCUT2D eigenvalue weighted by atomic mass is 16.2. The second-order valence-corrected chi connectivity index (χ2v) is 5.13. The zero-order chi connectivity index (χ0) is 9.76. The predicted molar refractivity (Wildman–Crippen MR) is 50.3 cm³/mol. The van der Waals surface area contributed by atoms with Gasteiger partial charge in [-0.25, -0.2) is 0 Å².